The highest BCUT2D eigenvalue weighted by molar-refractivity contribution is 5.70. The van der Waals surface area contributed by atoms with Crippen molar-refractivity contribution in [3.05, 3.63) is 23.8 Å². The Hall–Kier alpha value is -0.890. The number of rotatable bonds is 4. The summed E-state index contributed by atoms with van der Waals surface area (Å²) >= 11 is 0. The average molecular weight is 167 g/mol. The molecule has 0 radical (unpaired) electrons. The number of aliphatic hydroxyl groups is 1. The van der Waals surface area contributed by atoms with Gasteiger partial charge in [-0.1, -0.05) is 17.7 Å². The molecular formula is C10H17NO. The van der Waals surface area contributed by atoms with Crippen molar-refractivity contribution in [3.8, 4) is 0 Å². The summed E-state index contributed by atoms with van der Waals surface area (Å²) in [7, 11) is 0. The molecule has 0 saturated carbocycles. The number of hydrogen-bond acceptors (Lipinski definition) is 2. The minimum absolute atomic E-state index is 0.600. The van der Waals surface area contributed by atoms with E-state index in [4.69, 9.17) is 0 Å². The predicted molar refractivity (Wildman–Crippen MR) is 53.4 cm³/mol. The van der Waals surface area contributed by atoms with E-state index in [1.165, 1.54) is 0 Å². The Balaban J connectivity index is 3.81. The van der Waals surface area contributed by atoms with Crippen LogP contribution in [0.1, 0.15) is 27.2 Å². The lowest BCUT2D eigenvalue weighted by atomic mass is 10.2. The number of allylic oxidation sites excluding steroid dienone is 3. The molecule has 0 spiro atoms. The van der Waals surface area contributed by atoms with Crippen molar-refractivity contribution in [1.29, 1.82) is 0 Å². The van der Waals surface area contributed by atoms with Crippen molar-refractivity contribution in [3.63, 3.8) is 0 Å². The fourth-order valence-corrected chi connectivity index (χ4v) is 0.694. The van der Waals surface area contributed by atoms with Gasteiger partial charge in [0.05, 0.1) is 0 Å². The maximum absolute atomic E-state index is 9.30. The van der Waals surface area contributed by atoms with Gasteiger partial charge in [-0.3, -0.25) is 4.99 Å². The fraction of sp³-hybridized carbons (Fsp3) is 0.500. The fourth-order valence-electron chi connectivity index (χ4n) is 0.694. The molecule has 0 aliphatic carbocycles. The van der Waals surface area contributed by atoms with Gasteiger partial charge in [-0.05, 0) is 26.8 Å². The molecule has 0 aromatic rings. The molecule has 0 heterocycles. The molecule has 1 N–H and O–H groups in total. The standard InChI is InChI=1S/C10H17NO/c1-4-6-7-11-10(12)8-9(3)5-2/h4-7,10,12H,8H2,1-3H3/b6-4+,9-5+,11-7+. The molecule has 68 valence electrons. The van der Waals surface area contributed by atoms with Gasteiger partial charge in [0, 0.05) is 12.6 Å². The second-order valence-electron chi connectivity index (χ2n) is 2.64. The van der Waals surface area contributed by atoms with E-state index < -0.39 is 6.23 Å². The van der Waals surface area contributed by atoms with E-state index in [2.05, 4.69) is 4.99 Å². The van der Waals surface area contributed by atoms with Crippen LogP contribution in [0.15, 0.2) is 28.8 Å². The minimum Gasteiger partial charge on any atom is -0.371 e. The average Bonchev–Trinajstić information content (AvgIpc) is 2.05. The Morgan fingerprint density at radius 3 is 2.67 bits per heavy atom. The summed E-state index contributed by atoms with van der Waals surface area (Å²) < 4.78 is 0. The van der Waals surface area contributed by atoms with Gasteiger partial charge in [0.2, 0.25) is 0 Å². The van der Waals surface area contributed by atoms with Gasteiger partial charge >= 0.3 is 0 Å². The van der Waals surface area contributed by atoms with Crippen LogP contribution in [-0.2, 0) is 0 Å². The first-order valence-corrected chi connectivity index (χ1v) is 4.15. The first kappa shape index (κ1) is 11.1. The van der Waals surface area contributed by atoms with Crippen molar-refractivity contribution in [2.75, 3.05) is 0 Å². The lowest BCUT2D eigenvalue weighted by molar-refractivity contribution is 0.186. The van der Waals surface area contributed by atoms with Crippen LogP contribution in [0, 0.1) is 0 Å². The molecule has 0 fully saturated rings. The number of aliphatic hydroxyl groups excluding tert-OH is 1. The van der Waals surface area contributed by atoms with Crippen LogP contribution in [0.2, 0.25) is 0 Å². The molecule has 0 bridgehead atoms. The molecular weight excluding hydrogens is 150 g/mol. The lowest BCUT2D eigenvalue weighted by Gasteiger charge is -2.03. The Bertz CT molecular complexity index is 192. The largest absolute Gasteiger partial charge is 0.371 e. The van der Waals surface area contributed by atoms with E-state index in [9.17, 15) is 5.11 Å². The molecule has 0 rings (SSSR count). The summed E-state index contributed by atoms with van der Waals surface area (Å²) in [6, 6.07) is 0. The van der Waals surface area contributed by atoms with E-state index in [0.29, 0.717) is 6.42 Å². The maximum atomic E-state index is 9.30. The third-order valence-electron chi connectivity index (χ3n) is 1.53. The zero-order chi connectivity index (χ0) is 9.40. The number of hydrogen-bond donors (Lipinski definition) is 1. The highest BCUT2D eigenvalue weighted by Crippen LogP contribution is 2.04. The Labute approximate surface area is 74.3 Å². The zero-order valence-corrected chi connectivity index (χ0v) is 7.99. The third-order valence-corrected chi connectivity index (χ3v) is 1.53. The third kappa shape index (κ3) is 5.86. The van der Waals surface area contributed by atoms with Crippen molar-refractivity contribution in [1.82, 2.24) is 0 Å². The van der Waals surface area contributed by atoms with Crippen LogP contribution in [0.25, 0.3) is 0 Å². The van der Waals surface area contributed by atoms with Crippen LogP contribution in [-0.4, -0.2) is 17.5 Å². The lowest BCUT2D eigenvalue weighted by Crippen LogP contribution is -2.02. The topological polar surface area (TPSA) is 32.6 Å². The van der Waals surface area contributed by atoms with Gasteiger partial charge in [-0.15, -0.1) is 0 Å². The molecule has 0 aliphatic heterocycles. The number of aliphatic imine (C=N–C) groups is 1. The summed E-state index contributed by atoms with van der Waals surface area (Å²) in [5, 5.41) is 9.30. The van der Waals surface area contributed by atoms with Gasteiger partial charge in [-0.2, -0.15) is 0 Å². The van der Waals surface area contributed by atoms with Gasteiger partial charge in [0.1, 0.15) is 6.23 Å². The Morgan fingerprint density at radius 2 is 2.17 bits per heavy atom. The highest BCUT2D eigenvalue weighted by atomic mass is 16.3. The van der Waals surface area contributed by atoms with Gasteiger partial charge < -0.3 is 5.11 Å². The molecule has 0 aliphatic rings. The van der Waals surface area contributed by atoms with Crippen LogP contribution < -0.4 is 0 Å². The summed E-state index contributed by atoms with van der Waals surface area (Å²) in [5.41, 5.74) is 1.15. The van der Waals surface area contributed by atoms with Crippen LogP contribution in [0.3, 0.4) is 0 Å². The van der Waals surface area contributed by atoms with Crippen LogP contribution >= 0.6 is 0 Å². The van der Waals surface area contributed by atoms with E-state index in [1.807, 2.05) is 32.9 Å². The molecule has 2 heteroatoms. The molecule has 2 nitrogen and oxygen atoms in total. The van der Waals surface area contributed by atoms with Gasteiger partial charge in [-0.25, -0.2) is 0 Å². The quantitative estimate of drug-likeness (QED) is 0.505. The summed E-state index contributed by atoms with van der Waals surface area (Å²) in [6.45, 7) is 5.85. The van der Waals surface area contributed by atoms with E-state index in [-0.39, 0.29) is 0 Å². The molecule has 12 heavy (non-hydrogen) atoms. The Kier molecular flexibility index (Phi) is 6.29. The van der Waals surface area contributed by atoms with E-state index in [1.54, 1.807) is 12.3 Å². The maximum Gasteiger partial charge on any atom is 0.148 e. The zero-order valence-electron chi connectivity index (χ0n) is 7.99. The highest BCUT2D eigenvalue weighted by Gasteiger charge is 1.98. The van der Waals surface area contributed by atoms with Crippen LogP contribution in [0.4, 0.5) is 0 Å². The summed E-state index contributed by atoms with van der Waals surface area (Å²) in [5.74, 6) is 0. The van der Waals surface area contributed by atoms with Crippen molar-refractivity contribution in [2.24, 2.45) is 4.99 Å². The minimum atomic E-state index is -0.600. The molecule has 0 aromatic carbocycles. The van der Waals surface area contributed by atoms with E-state index >= 15 is 0 Å². The number of nitrogens with zero attached hydrogens (tertiary/aromatic N) is 1. The van der Waals surface area contributed by atoms with Gasteiger partial charge in [0.25, 0.3) is 0 Å². The van der Waals surface area contributed by atoms with Gasteiger partial charge in [0.15, 0.2) is 0 Å². The molecule has 1 atom stereocenters. The SMILES string of the molecule is C/C=C/C=N/C(O)C/C(C)=C/C. The van der Waals surface area contributed by atoms with Crippen molar-refractivity contribution < 1.29 is 5.11 Å². The van der Waals surface area contributed by atoms with E-state index in [0.717, 1.165) is 5.57 Å². The van der Waals surface area contributed by atoms with Crippen molar-refractivity contribution >= 4 is 6.21 Å². The second kappa shape index (κ2) is 6.80. The monoisotopic (exact) mass is 167 g/mol. The summed E-state index contributed by atoms with van der Waals surface area (Å²) in [4.78, 5) is 3.90. The van der Waals surface area contributed by atoms with Crippen LogP contribution in [0.5, 0.6) is 0 Å². The van der Waals surface area contributed by atoms with Crippen molar-refractivity contribution in [2.45, 2.75) is 33.4 Å². The molecule has 0 aromatic heterocycles. The Morgan fingerprint density at radius 1 is 1.50 bits per heavy atom. The molecule has 0 saturated heterocycles. The molecule has 1 unspecified atom stereocenters. The first-order valence-electron chi connectivity index (χ1n) is 4.15. The normalized spacial score (nSPS) is 16.2. The second-order valence-corrected chi connectivity index (χ2v) is 2.64. The predicted octanol–water partition coefficient (Wildman–Crippen LogP) is 2.31. The first-order chi connectivity index (χ1) is 5.70. The smallest absolute Gasteiger partial charge is 0.148 e. The molecule has 0 amide bonds. The summed E-state index contributed by atoms with van der Waals surface area (Å²) in [6.07, 6.45) is 7.29.